The Hall–Kier alpha value is -2.45. The summed E-state index contributed by atoms with van der Waals surface area (Å²) in [5, 5.41) is 4.78. The predicted molar refractivity (Wildman–Crippen MR) is 120 cm³/mol. The summed E-state index contributed by atoms with van der Waals surface area (Å²) >= 11 is 3.16. The fourth-order valence-electron chi connectivity index (χ4n) is 3.65. The fraction of sp³-hybridized carbons (Fsp3) is 0.364. The van der Waals surface area contributed by atoms with Crippen molar-refractivity contribution in [2.75, 3.05) is 17.7 Å². The Bertz CT molecular complexity index is 1100. The van der Waals surface area contributed by atoms with E-state index in [0.717, 1.165) is 28.1 Å². The van der Waals surface area contributed by atoms with E-state index in [1.165, 1.54) is 28.6 Å². The van der Waals surface area contributed by atoms with Crippen molar-refractivity contribution < 1.29 is 14.3 Å². The molecule has 2 heterocycles. The Balaban J connectivity index is 1.49. The number of rotatable bonds is 6. The lowest BCUT2D eigenvalue weighted by atomic mass is 9.89. The molecule has 0 spiro atoms. The summed E-state index contributed by atoms with van der Waals surface area (Å²) in [5.41, 5.74) is 2.16. The van der Waals surface area contributed by atoms with Gasteiger partial charge in [-0.05, 0) is 49.8 Å². The van der Waals surface area contributed by atoms with Crippen LogP contribution >= 0.6 is 23.1 Å². The van der Waals surface area contributed by atoms with Crippen LogP contribution in [0.15, 0.2) is 35.6 Å². The largest absolute Gasteiger partial charge is 0.462 e. The van der Waals surface area contributed by atoms with E-state index in [-0.39, 0.29) is 18.3 Å². The quantitative estimate of drug-likeness (QED) is 0.339. The van der Waals surface area contributed by atoms with E-state index in [9.17, 15) is 9.59 Å². The highest BCUT2D eigenvalue weighted by molar-refractivity contribution is 8.00. The molecule has 4 rings (SSSR count). The molecule has 2 aromatic heterocycles. The third-order valence-corrected chi connectivity index (χ3v) is 7.25. The standard InChI is InChI=1S/C22H23N3O3S2/c1-3-28-22(27)14-6-4-5-7-16(14)25-18(26)11-29-20-19-15-9-8-13(2)10-17(15)30-21(19)24-12-23-20/h4-7,12-13H,3,8-11H2,1-2H3,(H,25,26). The Morgan fingerprint density at radius 3 is 2.97 bits per heavy atom. The van der Waals surface area contributed by atoms with E-state index in [1.54, 1.807) is 48.9 Å². The fourth-order valence-corrected chi connectivity index (χ4v) is 5.90. The minimum absolute atomic E-state index is 0.193. The first kappa shape index (κ1) is 20.8. The number of aromatic nitrogens is 2. The number of amides is 1. The van der Waals surface area contributed by atoms with Gasteiger partial charge in [-0.3, -0.25) is 4.79 Å². The van der Waals surface area contributed by atoms with E-state index in [2.05, 4.69) is 22.2 Å². The van der Waals surface area contributed by atoms with E-state index >= 15 is 0 Å². The van der Waals surface area contributed by atoms with Crippen molar-refractivity contribution in [2.45, 2.75) is 38.1 Å². The molecule has 3 aromatic rings. The second kappa shape index (κ2) is 9.14. The number of aryl methyl sites for hydroxylation is 1. The van der Waals surface area contributed by atoms with Gasteiger partial charge in [0.25, 0.3) is 0 Å². The van der Waals surface area contributed by atoms with Crippen LogP contribution in [0.25, 0.3) is 10.2 Å². The maximum Gasteiger partial charge on any atom is 0.340 e. The molecule has 0 bridgehead atoms. The zero-order valence-corrected chi connectivity index (χ0v) is 18.6. The number of thioether (sulfide) groups is 1. The van der Waals surface area contributed by atoms with Gasteiger partial charge in [-0.2, -0.15) is 0 Å². The number of para-hydroxylation sites is 1. The smallest absolute Gasteiger partial charge is 0.340 e. The number of carbonyl (C=O) groups excluding carboxylic acids is 2. The van der Waals surface area contributed by atoms with Gasteiger partial charge in [0.2, 0.25) is 5.91 Å². The highest BCUT2D eigenvalue weighted by Gasteiger charge is 2.23. The number of esters is 1. The number of fused-ring (bicyclic) bond motifs is 3. The lowest BCUT2D eigenvalue weighted by Crippen LogP contribution is -2.17. The van der Waals surface area contributed by atoms with Crippen molar-refractivity contribution in [2.24, 2.45) is 5.92 Å². The molecule has 1 unspecified atom stereocenters. The van der Waals surface area contributed by atoms with Crippen molar-refractivity contribution >= 4 is 50.9 Å². The number of benzene rings is 1. The summed E-state index contributed by atoms with van der Waals surface area (Å²) in [6.45, 7) is 4.32. The topological polar surface area (TPSA) is 81.2 Å². The van der Waals surface area contributed by atoms with E-state index in [4.69, 9.17) is 4.74 Å². The molecule has 156 valence electrons. The molecule has 1 aliphatic rings. The van der Waals surface area contributed by atoms with Crippen LogP contribution in [-0.2, 0) is 22.4 Å². The summed E-state index contributed by atoms with van der Waals surface area (Å²) in [5.74, 6) is 0.253. The molecule has 1 aromatic carbocycles. The van der Waals surface area contributed by atoms with Crippen LogP contribution in [-0.4, -0.2) is 34.2 Å². The van der Waals surface area contributed by atoms with Crippen LogP contribution in [0.3, 0.4) is 0 Å². The van der Waals surface area contributed by atoms with Gasteiger partial charge < -0.3 is 10.1 Å². The van der Waals surface area contributed by atoms with Crippen molar-refractivity contribution in [3.05, 3.63) is 46.6 Å². The van der Waals surface area contributed by atoms with Crippen molar-refractivity contribution in [3.8, 4) is 0 Å². The lowest BCUT2D eigenvalue weighted by molar-refractivity contribution is -0.113. The van der Waals surface area contributed by atoms with Crippen LogP contribution in [0.4, 0.5) is 5.69 Å². The molecular weight excluding hydrogens is 418 g/mol. The Morgan fingerprint density at radius 1 is 1.30 bits per heavy atom. The number of hydrogen-bond acceptors (Lipinski definition) is 7. The van der Waals surface area contributed by atoms with Crippen molar-refractivity contribution in [3.63, 3.8) is 0 Å². The second-order valence-electron chi connectivity index (χ2n) is 7.31. The monoisotopic (exact) mass is 441 g/mol. The summed E-state index contributed by atoms with van der Waals surface area (Å²) in [6.07, 6.45) is 4.87. The van der Waals surface area contributed by atoms with Gasteiger partial charge >= 0.3 is 5.97 Å². The van der Waals surface area contributed by atoms with Crippen LogP contribution in [0, 0.1) is 5.92 Å². The van der Waals surface area contributed by atoms with Gasteiger partial charge in [0.15, 0.2) is 0 Å². The van der Waals surface area contributed by atoms with Crippen LogP contribution in [0.5, 0.6) is 0 Å². The predicted octanol–water partition coefficient (Wildman–Crippen LogP) is 4.72. The number of hydrogen-bond donors (Lipinski definition) is 1. The number of nitrogens with one attached hydrogen (secondary N) is 1. The second-order valence-corrected chi connectivity index (χ2v) is 9.36. The molecule has 0 fully saturated rings. The first-order chi connectivity index (χ1) is 14.6. The number of anilines is 1. The van der Waals surface area contributed by atoms with Crippen LogP contribution < -0.4 is 5.32 Å². The normalized spacial score (nSPS) is 15.6. The molecule has 8 heteroatoms. The first-order valence-corrected chi connectivity index (χ1v) is 11.8. The molecule has 1 aliphatic carbocycles. The summed E-state index contributed by atoms with van der Waals surface area (Å²) in [4.78, 5) is 36.0. The Morgan fingerprint density at radius 2 is 2.13 bits per heavy atom. The van der Waals surface area contributed by atoms with Crippen LogP contribution in [0.2, 0.25) is 0 Å². The molecule has 1 amide bonds. The Kier molecular flexibility index (Phi) is 6.34. The maximum atomic E-state index is 12.6. The van der Waals surface area contributed by atoms with Crippen molar-refractivity contribution in [1.29, 1.82) is 0 Å². The molecule has 1 N–H and O–H groups in total. The molecule has 0 aliphatic heterocycles. The molecular formula is C22H23N3O3S2. The van der Waals surface area contributed by atoms with Gasteiger partial charge in [0.05, 0.1) is 23.6 Å². The average molecular weight is 442 g/mol. The zero-order valence-electron chi connectivity index (χ0n) is 16.9. The van der Waals surface area contributed by atoms with Gasteiger partial charge in [-0.25, -0.2) is 14.8 Å². The molecule has 1 atom stereocenters. The lowest BCUT2D eigenvalue weighted by Gasteiger charge is -2.18. The molecule has 30 heavy (non-hydrogen) atoms. The van der Waals surface area contributed by atoms with E-state index in [1.807, 2.05) is 0 Å². The van der Waals surface area contributed by atoms with Gasteiger partial charge in [0, 0.05) is 10.3 Å². The number of thiophene rings is 1. The third-order valence-electron chi connectivity index (χ3n) is 5.09. The average Bonchev–Trinajstić information content (AvgIpc) is 3.10. The SMILES string of the molecule is CCOC(=O)c1ccccc1NC(=O)CSc1ncnc2sc3c(c12)CCC(C)C3. The summed E-state index contributed by atoms with van der Waals surface area (Å²) in [6, 6.07) is 6.87. The minimum atomic E-state index is -0.447. The minimum Gasteiger partial charge on any atom is -0.462 e. The zero-order chi connectivity index (χ0) is 21.1. The van der Waals surface area contributed by atoms with E-state index < -0.39 is 5.97 Å². The number of carbonyl (C=O) groups is 2. The molecule has 6 nitrogen and oxygen atoms in total. The molecule has 0 saturated carbocycles. The highest BCUT2D eigenvalue weighted by Crippen LogP contribution is 2.40. The highest BCUT2D eigenvalue weighted by atomic mass is 32.2. The third kappa shape index (κ3) is 4.34. The van der Waals surface area contributed by atoms with Crippen LogP contribution in [0.1, 0.15) is 41.1 Å². The summed E-state index contributed by atoms with van der Waals surface area (Å²) in [7, 11) is 0. The van der Waals surface area contributed by atoms with Gasteiger partial charge in [-0.1, -0.05) is 30.8 Å². The maximum absolute atomic E-state index is 12.6. The number of ether oxygens (including phenoxy) is 1. The van der Waals surface area contributed by atoms with E-state index in [0.29, 0.717) is 17.2 Å². The number of nitrogens with zero attached hydrogens (tertiary/aromatic N) is 2. The first-order valence-electron chi connectivity index (χ1n) is 10.0. The van der Waals surface area contributed by atoms with Gasteiger partial charge in [-0.15, -0.1) is 11.3 Å². The molecule has 0 radical (unpaired) electrons. The van der Waals surface area contributed by atoms with Crippen molar-refractivity contribution in [1.82, 2.24) is 9.97 Å². The summed E-state index contributed by atoms with van der Waals surface area (Å²) < 4.78 is 5.07. The molecule has 0 saturated heterocycles. The Labute approximate surface area is 183 Å². The van der Waals surface area contributed by atoms with Gasteiger partial charge in [0.1, 0.15) is 16.2 Å².